The van der Waals surface area contributed by atoms with E-state index in [4.69, 9.17) is 0 Å². The van der Waals surface area contributed by atoms with Gasteiger partial charge in [-0.1, -0.05) is 13.8 Å². The molecule has 8 nitrogen and oxygen atoms in total. The van der Waals surface area contributed by atoms with Crippen LogP contribution in [0, 0.1) is 0 Å². The van der Waals surface area contributed by atoms with Crippen molar-refractivity contribution in [2.24, 2.45) is 0 Å². The molecular formula is C19H25N5O3S. The number of aromatic amines is 1. The Bertz CT molecular complexity index is 1260. The maximum absolute atomic E-state index is 13.0. The summed E-state index contributed by atoms with van der Waals surface area (Å²) in [6.07, 6.45) is 3.04. The molecule has 9 heteroatoms. The Hall–Kier alpha value is -2.81. The first kappa shape index (κ1) is 19.9. The van der Waals surface area contributed by atoms with Gasteiger partial charge in [-0.3, -0.25) is 9.48 Å². The lowest BCUT2D eigenvalue weighted by Gasteiger charge is -2.18. The smallest absolute Gasteiger partial charge is 0.305 e. The van der Waals surface area contributed by atoms with Gasteiger partial charge in [-0.05, 0) is 49.4 Å². The second kappa shape index (κ2) is 6.97. The minimum Gasteiger partial charge on any atom is -0.305 e. The quantitative estimate of drug-likeness (QED) is 0.637. The standard InChI is InChI=1S/C19H25N5O3S/c1-11(2)13-10-16-15(9-14(13)17-7-8-20-23(17)12(3)4)18(25)24(19(26)21-16)22-28(5,6)27/h7-12H,5H2,1-4,6H3,(H,21,26)(H,22,27). The van der Waals surface area contributed by atoms with Crippen LogP contribution in [0.25, 0.3) is 22.2 Å². The number of hydrogen-bond acceptors (Lipinski definition) is 4. The van der Waals surface area contributed by atoms with Gasteiger partial charge in [0.2, 0.25) is 0 Å². The highest BCUT2D eigenvalue weighted by Crippen LogP contribution is 2.32. The van der Waals surface area contributed by atoms with Crippen molar-refractivity contribution in [1.82, 2.24) is 19.4 Å². The third-order valence-corrected chi connectivity index (χ3v) is 4.98. The highest BCUT2D eigenvalue weighted by molar-refractivity contribution is 8.00. The number of aromatic nitrogens is 4. The van der Waals surface area contributed by atoms with E-state index < -0.39 is 21.0 Å². The lowest BCUT2D eigenvalue weighted by atomic mass is 9.93. The summed E-state index contributed by atoms with van der Waals surface area (Å²) in [6.45, 7) is 8.17. The molecule has 0 spiro atoms. The molecule has 2 N–H and O–H groups in total. The van der Waals surface area contributed by atoms with Crippen LogP contribution in [0.4, 0.5) is 0 Å². The Labute approximate surface area is 163 Å². The van der Waals surface area contributed by atoms with Crippen molar-refractivity contribution >= 4 is 26.5 Å². The highest BCUT2D eigenvalue weighted by Gasteiger charge is 2.18. The third kappa shape index (κ3) is 3.62. The lowest BCUT2D eigenvalue weighted by molar-refractivity contribution is 0.538. The van der Waals surface area contributed by atoms with E-state index in [1.807, 2.05) is 30.7 Å². The first-order chi connectivity index (χ1) is 13.0. The van der Waals surface area contributed by atoms with E-state index >= 15 is 0 Å². The summed E-state index contributed by atoms with van der Waals surface area (Å²) in [5.74, 6) is 3.61. The Morgan fingerprint density at radius 3 is 2.46 bits per heavy atom. The Morgan fingerprint density at radius 1 is 1.21 bits per heavy atom. The van der Waals surface area contributed by atoms with Crippen LogP contribution in [-0.2, 0) is 9.71 Å². The summed E-state index contributed by atoms with van der Waals surface area (Å²) in [7, 11) is -2.80. The van der Waals surface area contributed by atoms with Gasteiger partial charge in [0.05, 0.1) is 26.3 Å². The Morgan fingerprint density at radius 2 is 1.89 bits per heavy atom. The van der Waals surface area contributed by atoms with Gasteiger partial charge in [0.1, 0.15) is 0 Å². The molecule has 28 heavy (non-hydrogen) atoms. The van der Waals surface area contributed by atoms with E-state index in [9.17, 15) is 13.8 Å². The van der Waals surface area contributed by atoms with Crippen LogP contribution >= 0.6 is 0 Å². The number of fused-ring (bicyclic) bond motifs is 1. The maximum Gasteiger partial charge on any atom is 0.348 e. The molecule has 0 aliphatic heterocycles. The van der Waals surface area contributed by atoms with E-state index in [0.717, 1.165) is 21.5 Å². The average molecular weight is 404 g/mol. The molecule has 3 rings (SSSR count). The van der Waals surface area contributed by atoms with Gasteiger partial charge in [0.15, 0.2) is 0 Å². The predicted octanol–water partition coefficient (Wildman–Crippen LogP) is 2.06. The fourth-order valence-corrected chi connectivity index (χ4v) is 3.75. The van der Waals surface area contributed by atoms with Crippen LogP contribution in [0.2, 0.25) is 0 Å². The van der Waals surface area contributed by atoms with E-state index in [1.54, 1.807) is 12.3 Å². The monoisotopic (exact) mass is 403 g/mol. The first-order valence-corrected chi connectivity index (χ1v) is 11.1. The molecule has 3 aromatic rings. The van der Waals surface area contributed by atoms with E-state index in [1.165, 1.54) is 6.26 Å². The molecule has 1 aromatic carbocycles. The molecule has 150 valence electrons. The SMILES string of the molecule is C=S(C)(=O)Nn1c(=O)[nH]c2cc(C(C)C)c(-c3ccnn3C(C)C)cc2c1=O. The molecule has 0 amide bonds. The molecule has 0 bridgehead atoms. The van der Waals surface area contributed by atoms with Crippen molar-refractivity contribution in [2.75, 3.05) is 11.1 Å². The summed E-state index contributed by atoms with van der Waals surface area (Å²) in [6, 6.07) is 5.64. The average Bonchev–Trinajstić information content (AvgIpc) is 3.06. The van der Waals surface area contributed by atoms with E-state index in [0.29, 0.717) is 10.9 Å². The maximum atomic E-state index is 13.0. The first-order valence-electron chi connectivity index (χ1n) is 8.96. The van der Waals surface area contributed by atoms with Crippen LogP contribution in [0.15, 0.2) is 34.0 Å². The van der Waals surface area contributed by atoms with Gasteiger partial charge in [-0.25, -0.2) is 13.8 Å². The largest absolute Gasteiger partial charge is 0.348 e. The minimum atomic E-state index is -2.80. The van der Waals surface area contributed by atoms with Crippen molar-refractivity contribution in [3.05, 3.63) is 50.8 Å². The molecule has 2 aromatic heterocycles. The van der Waals surface area contributed by atoms with E-state index in [2.05, 4.69) is 34.6 Å². The van der Waals surface area contributed by atoms with Gasteiger partial charge in [0.25, 0.3) is 5.56 Å². The minimum absolute atomic E-state index is 0.144. The summed E-state index contributed by atoms with van der Waals surface area (Å²) in [5, 5.41) is 4.70. The van der Waals surface area contributed by atoms with Crippen LogP contribution in [0.1, 0.15) is 45.2 Å². The van der Waals surface area contributed by atoms with Crippen LogP contribution in [0.5, 0.6) is 0 Å². The van der Waals surface area contributed by atoms with Crippen LogP contribution < -0.4 is 16.1 Å². The second-order valence-corrected chi connectivity index (χ2v) is 9.75. The predicted molar refractivity (Wildman–Crippen MR) is 115 cm³/mol. The molecule has 2 heterocycles. The Kier molecular flexibility index (Phi) is 4.97. The number of H-pyrrole nitrogens is 1. The number of nitrogens with zero attached hydrogens (tertiary/aromatic N) is 3. The van der Waals surface area contributed by atoms with E-state index in [-0.39, 0.29) is 12.0 Å². The summed E-state index contributed by atoms with van der Waals surface area (Å²) in [4.78, 5) is 30.4. The lowest BCUT2D eigenvalue weighted by Crippen LogP contribution is -2.43. The number of hydrogen-bond donors (Lipinski definition) is 2. The number of benzene rings is 1. The fraction of sp³-hybridized carbons (Fsp3) is 0.368. The second-order valence-electron chi connectivity index (χ2n) is 7.56. The normalized spacial score (nSPS) is 14.0. The zero-order valence-electron chi connectivity index (χ0n) is 16.6. The molecule has 1 unspecified atom stereocenters. The van der Waals surface area contributed by atoms with Crippen molar-refractivity contribution in [3.63, 3.8) is 0 Å². The van der Waals surface area contributed by atoms with Crippen LogP contribution in [-0.4, -0.2) is 35.8 Å². The van der Waals surface area contributed by atoms with Crippen LogP contribution in [0.3, 0.4) is 0 Å². The molecule has 0 radical (unpaired) electrons. The molecular weight excluding hydrogens is 378 g/mol. The van der Waals surface area contributed by atoms with Gasteiger partial charge >= 0.3 is 5.69 Å². The molecule has 0 fully saturated rings. The molecule has 0 aliphatic carbocycles. The van der Waals surface area contributed by atoms with Crippen molar-refractivity contribution < 1.29 is 4.21 Å². The zero-order valence-corrected chi connectivity index (χ0v) is 17.5. The van der Waals surface area contributed by atoms with Gasteiger partial charge < -0.3 is 4.98 Å². The third-order valence-electron chi connectivity index (χ3n) is 4.41. The molecule has 0 saturated heterocycles. The fourth-order valence-electron chi connectivity index (χ4n) is 3.20. The number of nitrogens with one attached hydrogen (secondary N) is 2. The van der Waals surface area contributed by atoms with Gasteiger partial charge in [-0.15, -0.1) is 0 Å². The molecule has 0 aliphatic rings. The van der Waals surface area contributed by atoms with Crippen molar-refractivity contribution in [3.8, 4) is 11.3 Å². The summed E-state index contributed by atoms with van der Waals surface area (Å²) >= 11 is 0. The number of rotatable bonds is 5. The van der Waals surface area contributed by atoms with Gasteiger partial charge in [-0.2, -0.15) is 9.77 Å². The summed E-state index contributed by atoms with van der Waals surface area (Å²) in [5.41, 5.74) is 1.92. The summed E-state index contributed by atoms with van der Waals surface area (Å²) < 4.78 is 14.6. The topological polar surface area (TPSA) is 102 Å². The van der Waals surface area contributed by atoms with Gasteiger partial charge in [0, 0.05) is 24.1 Å². The molecule has 0 saturated carbocycles. The highest BCUT2D eigenvalue weighted by atomic mass is 32.2. The van der Waals surface area contributed by atoms with Crippen molar-refractivity contribution in [1.29, 1.82) is 0 Å². The Balaban J connectivity index is 2.38. The molecule has 1 atom stereocenters. The van der Waals surface area contributed by atoms with Crippen molar-refractivity contribution in [2.45, 2.75) is 39.7 Å². The zero-order chi connectivity index (χ0) is 20.8.